The number of nitrogens with two attached hydrogens (primary N) is 1. The number of methoxy groups -OCH3 is 1. The van der Waals surface area contributed by atoms with E-state index in [1.807, 2.05) is 6.07 Å². The van der Waals surface area contributed by atoms with Crippen LogP contribution >= 0.6 is 12.4 Å². The number of carbonyl (C=O) groups excluding carboxylic acids is 1. The summed E-state index contributed by atoms with van der Waals surface area (Å²) in [5.74, 6) is 0.516. The van der Waals surface area contributed by atoms with Crippen LogP contribution in [0.2, 0.25) is 0 Å². The van der Waals surface area contributed by atoms with Gasteiger partial charge in [0, 0.05) is 6.07 Å². The number of hydrogen-bond acceptors (Lipinski definition) is 6. The highest BCUT2D eigenvalue weighted by Crippen LogP contribution is 2.36. The Bertz CT molecular complexity index is 841. The Hall–Kier alpha value is -2.29. The summed E-state index contributed by atoms with van der Waals surface area (Å²) in [4.78, 5) is 12.1. The van der Waals surface area contributed by atoms with Gasteiger partial charge < -0.3 is 15.2 Å². The van der Waals surface area contributed by atoms with Crippen LogP contribution in [0, 0.1) is 0 Å². The van der Waals surface area contributed by atoms with Crippen LogP contribution in [0.5, 0.6) is 17.2 Å². The molecule has 0 fully saturated rings. The number of benzene rings is 2. The summed E-state index contributed by atoms with van der Waals surface area (Å²) in [6.07, 6.45) is 1.00. The average Bonchev–Trinajstić information content (AvgIpc) is 2.53. The monoisotopic (exact) mass is 386 g/mol. The van der Waals surface area contributed by atoms with Crippen LogP contribution in [-0.2, 0) is 10.0 Å². The molecule has 2 aromatic carbocycles. The quantitative estimate of drug-likeness (QED) is 0.707. The van der Waals surface area contributed by atoms with E-state index >= 15 is 0 Å². The van der Waals surface area contributed by atoms with Gasteiger partial charge >= 0.3 is 0 Å². The molecule has 9 heteroatoms. The second kappa shape index (κ2) is 8.70. The van der Waals surface area contributed by atoms with Gasteiger partial charge in [-0.2, -0.15) is 0 Å². The zero-order valence-corrected chi connectivity index (χ0v) is 15.3. The lowest BCUT2D eigenvalue weighted by atomic mass is 10.1. The minimum atomic E-state index is -3.58. The Morgan fingerprint density at radius 2 is 1.80 bits per heavy atom. The number of nitrogens with one attached hydrogen (secondary N) is 1. The summed E-state index contributed by atoms with van der Waals surface area (Å²) in [6, 6.07) is 11.8. The van der Waals surface area contributed by atoms with Crippen molar-refractivity contribution < 1.29 is 22.7 Å². The number of anilines is 1. The van der Waals surface area contributed by atoms with Gasteiger partial charge in [0.15, 0.2) is 11.5 Å². The maximum atomic E-state index is 12.1. The molecule has 0 amide bonds. The molecule has 0 bridgehead atoms. The van der Waals surface area contributed by atoms with Crippen molar-refractivity contribution in [3.63, 3.8) is 0 Å². The fourth-order valence-corrected chi connectivity index (χ4v) is 2.65. The van der Waals surface area contributed by atoms with E-state index in [-0.39, 0.29) is 41.7 Å². The molecule has 0 atom stereocenters. The van der Waals surface area contributed by atoms with Gasteiger partial charge in [-0.05, 0) is 18.2 Å². The highest BCUT2D eigenvalue weighted by molar-refractivity contribution is 7.92. The van der Waals surface area contributed by atoms with Crippen molar-refractivity contribution in [3.8, 4) is 17.2 Å². The highest BCUT2D eigenvalue weighted by atomic mass is 35.5. The van der Waals surface area contributed by atoms with Gasteiger partial charge in [-0.25, -0.2) is 8.42 Å². The number of halogens is 1. The second-order valence-electron chi connectivity index (χ2n) is 4.97. The molecule has 0 heterocycles. The molecule has 3 N–H and O–H groups in total. The van der Waals surface area contributed by atoms with Crippen LogP contribution in [0.25, 0.3) is 0 Å². The minimum absolute atomic E-state index is 0. The third-order valence-corrected chi connectivity index (χ3v) is 3.62. The Morgan fingerprint density at radius 3 is 2.32 bits per heavy atom. The average molecular weight is 387 g/mol. The summed E-state index contributed by atoms with van der Waals surface area (Å²) in [7, 11) is -2.24. The molecule has 0 aliphatic heterocycles. The van der Waals surface area contributed by atoms with E-state index in [1.165, 1.54) is 19.2 Å². The SMILES string of the molecule is COc1c(NS(C)(=O)=O)cc(Oc2ccccc2)cc1C(=O)CN.Cl. The Kier molecular flexibility index (Phi) is 7.22. The van der Waals surface area contributed by atoms with Crippen molar-refractivity contribution in [3.05, 3.63) is 48.0 Å². The summed E-state index contributed by atoms with van der Waals surface area (Å²) in [5, 5.41) is 0. The molecule has 0 unspecified atom stereocenters. The van der Waals surface area contributed by atoms with E-state index in [0.29, 0.717) is 5.75 Å². The summed E-state index contributed by atoms with van der Waals surface area (Å²) in [6.45, 7) is -0.247. The zero-order valence-electron chi connectivity index (χ0n) is 13.7. The summed E-state index contributed by atoms with van der Waals surface area (Å²) >= 11 is 0. The highest BCUT2D eigenvalue weighted by Gasteiger charge is 2.19. The largest absolute Gasteiger partial charge is 0.494 e. The molecule has 0 saturated carbocycles. The van der Waals surface area contributed by atoms with E-state index in [9.17, 15) is 13.2 Å². The molecular weight excluding hydrogens is 368 g/mol. The van der Waals surface area contributed by atoms with Gasteiger partial charge in [-0.3, -0.25) is 9.52 Å². The van der Waals surface area contributed by atoms with Gasteiger partial charge in [0.2, 0.25) is 10.0 Å². The molecular formula is C16H19ClN2O5S. The van der Waals surface area contributed by atoms with E-state index in [2.05, 4.69) is 4.72 Å². The lowest BCUT2D eigenvalue weighted by Crippen LogP contribution is -2.17. The third kappa shape index (κ3) is 5.63. The number of carbonyl (C=O) groups is 1. The predicted molar refractivity (Wildman–Crippen MR) is 98.6 cm³/mol. The number of ketones is 1. The van der Waals surface area contributed by atoms with Gasteiger partial charge in [0.25, 0.3) is 0 Å². The topological polar surface area (TPSA) is 108 Å². The molecule has 0 aliphatic rings. The van der Waals surface area contributed by atoms with Crippen LogP contribution in [0.15, 0.2) is 42.5 Å². The van der Waals surface area contributed by atoms with Crippen LogP contribution in [0.4, 0.5) is 5.69 Å². The first-order valence-electron chi connectivity index (χ1n) is 7.00. The third-order valence-electron chi connectivity index (χ3n) is 3.03. The van der Waals surface area contributed by atoms with Gasteiger partial charge in [0.1, 0.15) is 11.5 Å². The first-order valence-corrected chi connectivity index (χ1v) is 8.89. The van der Waals surface area contributed by atoms with E-state index < -0.39 is 15.8 Å². The molecule has 7 nitrogen and oxygen atoms in total. The van der Waals surface area contributed by atoms with E-state index in [4.69, 9.17) is 15.2 Å². The normalized spacial score (nSPS) is 10.5. The zero-order chi connectivity index (χ0) is 17.7. The van der Waals surface area contributed by atoms with Crippen LogP contribution < -0.4 is 19.9 Å². The standard InChI is InChI=1S/C16H18N2O5S.ClH/c1-22-16-13(15(19)10-17)8-12(9-14(16)18-24(2,20)21)23-11-6-4-3-5-7-11;/h3-9,18H,10,17H2,1-2H3;1H. The molecule has 0 spiro atoms. The number of sulfonamides is 1. The molecule has 2 aromatic rings. The maximum absolute atomic E-state index is 12.1. The molecule has 136 valence electrons. The number of Topliss-reactive ketones (excluding diaryl/α,β-unsaturated/α-hetero) is 1. The molecule has 25 heavy (non-hydrogen) atoms. The first kappa shape index (κ1) is 20.8. The van der Waals surface area contributed by atoms with E-state index in [0.717, 1.165) is 6.26 Å². The van der Waals surface area contributed by atoms with Crippen molar-refractivity contribution in [1.29, 1.82) is 0 Å². The Balaban J connectivity index is 0.00000312. The fourth-order valence-electron chi connectivity index (χ4n) is 2.10. The molecule has 0 aromatic heterocycles. The molecule has 0 aliphatic carbocycles. The second-order valence-corrected chi connectivity index (χ2v) is 6.72. The minimum Gasteiger partial charge on any atom is -0.494 e. The lowest BCUT2D eigenvalue weighted by Gasteiger charge is -2.16. The molecule has 0 saturated heterocycles. The number of hydrogen-bond donors (Lipinski definition) is 2. The smallest absolute Gasteiger partial charge is 0.229 e. The predicted octanol–water partition coefficient (Wildman–Crippen LogP) is 2.42. The first-order chi connectivity index (χ1) is 11.3. The van der Waals surface area contributed by atoms with Crippen LogP contribution in [0.3, 0.4) is 0 Å². The molecule has 0 radical (unpaired) electrons. The number of ether oxygens (including phenoxy) is 2. The van der Waals surface area contributed by atoms with Crippen molar-refractivity contribution in [2.45, 2.75) is 0 Å². The van der Waals surface area contributed by atoms with Gasteiger partial charge in [0.05, 0.1) is 31.2 Å². The van der Waals surface area contributed by atoms with Crippen molar-refractivity contribution >= 4 is 33.9 Å². The summed E-state index contributed by atoms with van der Waals surface area (Å²) < 4.78 is 36.3. The van der Waals surface area contributed by atoms with Gasteiger partial charge in [-0.1, -0.05) is 18.2 Å². The fraction of sp³-hybridized carbons (Fsp3) is 0.188. The lowest BCUT2D eigenvalue weighted by molar-refractivity contribution is 0.0998. The number of rotatable bonds is 7. The van der Waals surface area contributed by atoms with Gasteiger partial charge in [-0.15, -0.1) is 12.4 Å². The van der Waals surface area contributed by atoms with Crippen molar-refractivity contribution in [2.24, 2.45) is 5.73 Å². The van der Waals surface area contributed by atoms with Crippen LogP contribution in [-0.4, -0.2) is 34.1 Å². The van der Waals surface area contributed by atoms with Crippen molar-refractivity contribution in [2.75, 3.05) is 24.6 Å². The number of para-hydroxylation sites is 1. The summed E-state index contributed by atoms with van der Waals surface area (Å²) in [5.41, 5.74) is 5.66. The Morgan fingerprint density at radius 1 is 1.16 bits per heavy atom. The van der Waals surface area contributed by atoms with Crippen LogP contribution in [0.1, 0.15) is 10.4 Å². The van der Waals surface area contributed by atoms with E-state index in [1.54, 1.807) is 24.3 Å². The maximum Gasteiger partial charge on any atom is 0.229 e. The van der Waals surface area contributed by atoms with Crippen molar-refractivity contribution in [1.82, 2.24) is 0 Å². The molecule has 2 rings (SSSR count). The Labute approximate surface area is 152 Å².